The maximum Gasteiger partial charge on any atom is 0.281 e. The highest BCUT2D eigenvalue weighted by molar-refractivity contribution is 7.86. The number of likely N-dealkylation sites (N-methyl/N-ethyl adjacent to an activating group) is 2. The minimum atomic E-state index is -3.58. The van der Waals surface area contributed by atoms with Gasteiger partial charge in [0.05, 0.1) is 6.54 Å². The monoisotopic (exact) mass is 266 g/mol. The van der Waals surface area contributed by atoms with Crippen molar-refractivity contribution in [3.05, 3.63) is 0 Å². The summed E-state index contributed by atoms with van der Waals surface area (Å²) < 4.78 is 26.1. The van der Waals surface area contributed by atoms with Crippen LogP contribution in [0.5, 0.6) is 0 Å². The molecule has 0 aliphatic rings. The first kappa shape index (κ1) is 16.3. The largest absolute Gasteiger partial charge is 0.348 e. The van der Waals surface area contributed by atoms with E-state index >= 15 is 0 Å². The van der Waals surface area contributed by atoms with E-state index in [-0.39, 0.29) is 12.5 Å². The Kier molecular flexibility index (Phi) is 6.61. The van der Waals surface area contributed by atoms with Gasteiger partial charge in [-0.2, -0.15) is 17.0 Å². The van der Waals surface area contributed by atoms with Crippen molar-refractivity contribution in [3.8, 4) is 0 Å². The summed E-state index contributed by atoms with van der Waals surface area (Å²) in [6.07, 6.45) is 0.588. The number of hydrogen-bond donors (Lipinski definition) is 1. The molecule has 0 unspecified atom stereocenters. The van der Waals surface area contributed by atoms with E-state index in [1.54, 1.807) is 14.1 Å². The van der Waals surface area contributed by atoms with Crippen LogP contribution in [0.15, 0.2) is 0 Å². The molecule has 0 bridgehead atoms. The van der Waals surface area contributed by atoms with E-state index in [1.807, 2.05) is 0 Å². The molecule has 0 spiro atoms. The molecule has 0 aromatic carbocycles. The Hall–Kier alpha value is -0.700. The van der Waals surface area contributed by atoms with E-state index in [4.69, 9.17) is 5.73 Å². The minimum absolute atomic E-state index is 0.164. The van der Waals surface area contributed by atoms with Gasteiger partial charge in [-0.15, -0.1) is 0 Å². The topological polar surface area (TPSA) is 87.0 Å². The van der Waals surface area contributed by atoms with Crippen molar-refractivity contribution in [2.45, 2.75) is 6.42 Å². The lowest BCUT2D eigenvalue weighted by molar-refractivity contribution is -0.128. The maximum atomic E-state index is 11.9. The molecule has 0 aliphatic carbocycles. The van der Waals surface area contributed by atoms with E-state index in [2.05, 4.69) is 0 Å². The summed E-state index contributed by atoms with van der Waals surface area (Å²) in [5.41, 5.74) is 5.32. The number of hydrogen-bond acceptors (Lipinski definition) is 4. The summed E-state index contributed by atoms with van der Waals surface area (Å²) in [6, 6.07) is 0. The summed E-state index contributed by atoms with van der Waals surface area (Å²) >= 11 is 0. The normalized spacial score (nSPS) is 12.2. The Morgan fingerprint density at radius 2 is 1.65 bits per heavy atom. The number of nitrogens with zero attached hydrogens (tertiary/aromatic N) is 3. The number of amides is 1. The fraction of sp³-hybridized carbons (Fsp3) is 0.889. The molecule has 0 aliphatic heterocycles. The van der Waals surface area contributed by atoms with Gasteiger partial charge in [-0.1, -0.05) is 0 Å². The third-order valence-corrected chi connectivity index (χ3v) is 4.21. The van der Waals surface area contributed by atoms with Crippen LogP contribution in [0, 0.1) is 0 Å². The van der Waals surface area contributed by atoms with Gasteiger partial charge in [-0.05, 0) is 13.0 Å². The van der Waals surface area contributed by atoms with Crippen molar-refractivity contribution < 1.29 is 13.2 Å². The maximum absolute atomic E-state index is 11.9. The highest BCUT2D eigenvalue weighted by Gasteiger charge is 2.25. The number of rotatable bonds is 7. The van der Waals surface area contributed by atoms with Crippen molar-refractivity contribution in [1.82, 2.24) is 13.5 Å². The number of carbonyl (C=O) groups is 1. The van der Waals surface area contributed by atoms with Gasteiger partial charge in [0.2, 0.25) is 5.91 Å². The molecule has 0 saturated heterocycles. The smallest absolute Gasteiger partial charge is 0.281 e. The first-order valence-electron chi connectivity index (χ1n) is 5.31. The summed E-state index contributed by atoms with van der Waals surface area (Å²) in [4.78, 5) is 12.8. The second-order valence-electron chi connectivity index (χ2n) is 4.02. The lowest BCUT2D eigenvalue weighted by Gasteiger charge is -2.24. The molecule has 2 N–H and O–H groups in total. The fourth-order valence-corrected chi connectivity index (χ4v) is 2.19. The molecule has 102 valence electrons. The zero-order chi connectivity index (χ0) is 13.6. The van der Waals surface area contributed by atoms with Crippen molar-refractivity contribution in [2.24, 2.45) is 5.73 Å². The van der Waals surface area contributed by atoms with Crippen LogP contribution in [0.2, 0.25) is 0 Å². The van der Waals surface area contributed by atoms with Crippen LogP contribution in [0.1, 0.15) is 6.42 Å². The van der Waals surface area contributed by atoms with Crippen LogP contribution in [-0.2, 0) is 15.0 Å². The van der Waals surface area contributed by atoms with Crippen molar-refractivity contribution in [3.63, 3.8) is 0 Å². The lowest BCUT2D eigenvalue weighted by atomic mass is 10.4. The third kappa shape index (κ3) is 4.99. The van der Waals surface area contributed by atoms with Gasteiger partial charge in [-0.25, -0.2) is 0 Å². The van der Waals surface area contributed by atoms with Crippen molar-refractivity contribution in [2.75, 3.05) is 47.8 Å². The zero-order valence-corrected chi connectivity index (χ0v) is 11.7. The van der Waals surface area contributed by atoms with E-state index < -0.39 is 10.2 Å². The molecule has 17 heavy (non-hydrogen) atoms. The summed E-state index contributed by atoms with van der Waals surface area (Å²) in [6.45, 7) is 0.613. The summed E-state index contributed by atoms with van der Waals surface area (Å²) in [5, 5.41) is 0. The van der Waals surface area contributed by atoms with E-state index in [0.29, 0.717) is 19.5 Å². The molecule has 0 atom stereocenters. The Labute approximate surface area is 103 Å². The highest BCUT2D eigenvalue weighted by Crippen LogP contribution is 2.04. The number of carbonyl (C=O) groups excluding carboxylic acids is 1. The average molecular weight is 266 g/mol. The van der Waals surface area contributed by atoms with Crippen molar-refractivity contribution >= 4 is 16.1 Å². The Bertz CT molecular complexity index is 342. The highest BCUT2D eigenvalue weighted by atomic mass is 32.2. The fourth-order valence-electron chi connectivity index (χ4n) is 1.08. The van der Waals surface area contributed by atoms with Crippen molar-refractivity contribution in [1.29, 1.82) is 0 Å². The van der Waals surface area contributed by atoms with Crippen LogP contribution < -0.4 is 5.73 Å². The Balaban J connectivity index is 4.54. The van der Waals surface area contributed by atoms with Gasteiger partial charge in [0.15, 0.2) is 0 Å². The average Bonchev–Trinajstić information content (AvgIpc) is 2.25. The lowest BCUT2D eigenvalue weighted by Crippen LogP contribution is -2.44. The minimum Gasteiger partial charge on any atom is -0.348 e. The van der Waals surface area contributed by atoms with Gasteiger partial charge in [-0.3, -0.25) is 4.79 Å². The Morgan fingerprint density at radius 1 is 1.12 bits per heavy atom. The van der Waals surface area contributed by atoms with Crippen LogP contribution in [-0.4, -0.2) is 75.7 Å². The molecule has 0 rings (SSSR count). The summed E-state index contributed by atoms with van der Waals surface area (Å²) in [5.74, 6) is -0.261. The van der Waals surface area contributed by atoms with Crippen LogP contribution >= 0.6 is 0 Å². The standard InChI is InChI=1S/C9H22N4O3S/c1-11(2)9(14)8-13(4)17(15,16)12(3)7-5-6-10/h5-8,10H2,1-4H3. The number of nitrogens with two attached hydrogens (primary N) is 1. The molecular weight excluding hydrogens is 244 g/mol. The predicted molar refractivity (Wildman–Crippen MR) is 66.5 cm³/mol. The zero-order valence-electron chi connectivity index (χ0n) is 10.9. The van der Waals surface area contributed by atoms with Gasteiger partial charge >= 0.3 is 0 Å². The molecule has 1 amide bonds. The second-order valence-corrected chi connectivity index (χ2v) is 6.16. The third-order valence-electron chi connectivity index (χ3n) is 2.32. The molecule has 0 saturated carbocycles. The quantitative estimate of drug-likeness (QED) is 0.609. The molecular formula is C9H22N4O3S. The van der Waals surface area contributed by atoms with Crippen LogP contribution in [0.4, 0.5) is 0 Å². The molecule has 0 aromatic rings. The SMILES string of the molecule is CN(C)C(=O)CN(C)S(=O)(=O)N(C)CCCN. The molecule has 7 nitrogen and oxygen atoms in total. The summed E-state index contributed by atoms with van der Waals surface area (Å²) in [7, 11) is 2.45. The molecule has 0 aromatic heterocycles. The molecule has 0 fully saturated rings. The van der Waals surface area contributed by atoms with Crippen LogP contribution in [0.25, 0.3) is 0 Å². The van der Waals surface area contributed by atoms with Gasteiger partial charge in [0.1, 0.15) is 0 Å². The Morgan fingerprint density at radius 3 is 2.06 bits per heavy atom. The first-order valence-corrected chi connectivity index (χ1v) is 6.71. The van der Waals surface area contributed by atoms with E-state index in [9.17, 15) is 13.2 Å². The molecule has 8 heteroatoms. The van der Waals surface area contributed by atoms with Crippen LogP contribution in [0.3, 0.4) is 0 Å². The van der Waals surface area contributed by atoms with Gasteiger partial charge in [0, 0.05) is 34.7 Å². The van der Waals surface area contributed by atoms with Gasteiger partial charge < -0.3 is 10.6 Å². The second kappa shape index (κ2) is 6.90. The predicted octanol–water partition coefficient (Wildman–Crippen LogP) is -1.47. The van der Waals surface area contributed by atoms with Gasteiger partial charge in [0.25, 0.3) is 10.2 Å². The van der Waals surface area contributed by atoms with E-state index in [0.717, 1.165) is 4.31 Å². The molecule has 0 heterocycles. The molecule has 0 radical (unpaired) electrons. The first-order chi connectivity index (χ1) is 7.73. The van der Waals surface area contributed by atoms with E-state index in [1.165, 1.54) is 23.3 Å².